The van der Waals surface area contributed by atoms with Crippen LogP contribution in [0.1, 0.15) is 44.4 Å². The molecule has 25 heavy (non-hydrogen) atoms. The maximum Gasteiger partial charge on any atom is 0.264 e. The van der Waals surface area contributed by atoms with Crippen LogP contribution < -0.4 is 0 Å². The lowest BCUT2D eigenvalue weighted by Crippen LogP contribution is -2.47. The second kappa shape index (κ2) is 6.57. The van der Waals surface area contributed by atoms with Gasteiger partial charge in [-0.05, 0) is 51.7 Å². The monoisotopic (exact) mass is 359 g/mol. The van der Waals surface area contributed by atoms with Crippen molar-refractivity contribution in [2.24, 2.45) is 5.92 Å². The van der Waals surface area contributed by atoms with Crippen LogP contribution in [0, 0.1) is 26.7 Å². The Morgan fingerprint density at radius 3 is 2.76 bits per heavy atom. The lowest BCUT2D eigenvalue weighted by molar-refractivity contribution is 0.0590. The topological polar surface area (TPSA) is 49.6 Å². The molecular formula is C19H25N3O2S. The third-order valence-electron chi connectivity index (χ3n) is 5.56. The molecule has 1 amide bonds. The molecule has 0 N–H and O–H groups in total. The van der Waals surface area contributed by atoms with Crippen LogP contribution in [0.2, 0.25) is 0 Å². The van der Waals surface area contributed by atoms with E-state index in [1.54, 1.807) is 11.3 Å². The van der Waals surface area contributed by atoms with Crippen LogP contribution in [-0.4, -0.2) is 46.5 Å². The van der Waals surface area contributed by atoms with E-state index in [0.717, 1.165) is 48.9 Å². The molecule has 5 heterocycles. The quantitative estimate of drug-likeness (QED) is 0.843. The van der Waals surface area contributed by atoms with Crippen molar-refractivity contribution in [1.29, 1.82) is 0 Å². The number of nitrogens with zero attached hydrogens (tertiary/aromatic N) is 3. The van der Waals surface area contributed by atoms with Crippen molar-refractivity contribution in [2.75, 3.05) is 19.6 Å². The molecule has 2 aromatic heterocycles. The predicted molar refractivity (Wildman–Crippen MR) is 97.9 cm³/mol. The molecule has 3 aliphatic heterocycles. The number of piperidine rings is 1. The fraction of sp³-hybridized carbons (Fsp3) is 0.579. The first kappa shape index (κ1) is 16.8. The Labute approximate surface area is 152 Å². The highest BCUT2D eigenvalue weighted by molar-refractivity contribution is 7.13. The minimum Gasteiger partial charge on any atom is -0.361 e. The molecule has 2 bridgehead atoms. The number of hydrogen-bond donors (Lipinski definition) is 0. The minimum atomic E-state index is 0.215. The number of fused-ring (bicyclic) bond motifs is 4. The van der Waals surface area contributed by atoms with Crippen molar-refractivity contribution >= 4 is 17.2 Å². The van der Waals surface area contributed by atoms with Gasteiger partial charge in [-0.3, -0.25) is 9.69 Å². The first-order chi connectivity index (χ1) is 12.0. The smallest absolute Gasteiger partial charge is 0.264 e. The van der Waals surface area contributed by atoms with Gasteiger partial charge in [0.2, 0.25) is 0 Å². The lowest BCUT2D eigenvalue weighted by atomic mass is 9.95. The molecular weight excluding hydrogens is 334 g/mol. The van der Waals surface area contributed by atoms with Gasteiger partial charge in [-0.2, -0.15) is 0 Å². The molecule has 0 saturated carbocycles. The van der Waals surface area contributed by atoms with E-state index >= 15 is 0 Å². The average molecular weight is 359 g/mol. The van der Waals surface area contributed by atoms with E-state index in [2.05, 4.69) is 21.9 Å². The van der Waals surface area contributed by atoms with Crippen molar-refractivity contribution in [1.82, 2.24) is 15.0 Å². The SMILES string of the molecule is Cc1ccc(C(=O)N2CC3CCC2CN(Cc2c(C)noc2C)C3)s1. The fourth-order valence-electron chi connectivity index (χ4n) is 4.20. The molecule has 0 spiro atoms. The summed E-state index contributed by atoms with van der Waals surface area (Å²) in [6, 6.07) is 4.33. The minimum absolute atomic E-state index is 0.215. The molecule has 0 aromatic carbocycles. The Hall–Kier alpha value is -1.66. The Bertz CT molecular complexity index is 762. The van der Waals surface area contributed by atoms with Gasteiger partial charge in [0.15, 0.2) is 0 Å². The Morgan fingerprint density at radius 2 is 2.08 bits per heavy atom. The van der Waals surface area contributed by atoms with E-state index < -0.39 is 0 Å². The maximum absolute atomic E-state index is 13.0. The third-order valence-corrected chi connectivity index (χ3v) is 6.55. The van der Waals surface area contributed by atoms with Gasteiger partial charge in [0.1, 0.15) is 5.76 Å². The molecule has 0 radical (unpaired) electrons. The van der Waals surface area contributed by atoms with E-state index in [4.69, 9.17) is 4.52 Å². The standard InChI is InChI=1S/C19H25N3O2S/c1-12-4-7-18(25-12)19(23)22-9-15-5-6-16(22)10-21(8-15)11-17-13(2)20-24-14(17)3/h4,7,15-16H,5-6,8-11H2,1-3H3. The van der Waals surface area contributed by atoms with Gasteiger partial charge in [-0.1, -0.05) is 5.16 Å². The molecule has 3 saturated heterocycles. The number of carbonyl (C=O) groups is 1. The highest BCUT2D eigenvalue weighted by Crippen LogP contribution is 2.31. The van der Waals surface area contributed by atoms with E-state index in [1.807, 2.05) is 26.0 Å². The number of aryl methyl sites for hydroxylation is 3. The summed E-state index contributed by atoms with van der Waals surface area (Å²) < 4.78 is 5.32. The summed E-state index contributed by atoms with van der Waals surface area (Å²) in [6.45, 7) is 9.79. The van der Waals surface area contributed by atoms with Gasteiger partial charge in [-0.25, -0.2) is 0 Å². The second-order valence-corrected chi connectivity index (χ2v) is 8.75. The number of amides is 1. The highest BCUT2D eigenvalue weighted by Gasteiger charge is 2.38. The predicted octanol–water partition coefficient (Wildman–Crippen LogP) is 3.40. The molecule has 5 nitrogen and oxygen atoms in total. The van der Waals surface area contributed by atoms with E-state index in [1.165, 1.54) is 16.9 Å². The number of thiophene rings is 1. The fourth-order valence-corrected chi connectivity index (χ4v) is 5.02. The van der Waals surface area contributed by atoms with Crippen LogP contribution in [0.25, 0.3) is 0 Å². The van der Waals surface area contributed by atoms with Gasteiger partial charge in [0.05, 0.1) is 10.6 Å². The molecule has 3 aliphatic rings. The summed E-state index contributed by atoms with van der Waals surface area (Å²) in [5.74, 6) is 1.69. The molecule has 2 aromatic rings. The molecule has 0 aliphatic carbocycles. The molecule has 3 fully saturated rings. The summed E-state index contributed by atoms with van der Waals surface area (Å²) >= 11 is 1.61. The molecule has 2 unspecified atom stereocenters. The number of carbonyl (C=O) groups excluding carboxylic acids is 1. The average Bonchev–Trinajstić information content (AvgIpc) is 3.02. The Balaban J connectivity index is 1.51. The lowest BCUT2D eigenvalue weighted by Gasteiger charge is -2.36. The number of aromatic nitrogens is 1. The van der Waals surface area contributed by atoms with Crippen molar-refractivity contribution < 1.29 is 9.32 Å². The van der Waals surface area contributed by atoms with Crippen LogP contribution in [-0.2, 0) is 6.54 Å². The zero-order valence-electron chi connectivity index (χ0n) is 15.1. The van der Waals surface area contributed by atoms with Gasteiger partial charge in [-0.15, -0.1) is 11.3 Å². The molecule has 5 rings (SSSR count). The summed E-state index contributed by atoms with van der Waals surface area (Å²) in [5, 5.41) is 4.08. The number of rotatable bonds is 3. The molecule has 2 atom stereocenters. The van der Waals surface area contributed by atoms with Crippen molar-refractivity contribution in [3.8, 4) is 0 Å². The van der Waals surface area contributed by atoms with Gasteiger partial charge in [0.25, 0.3) is 5.91 Å². The van der Waals surface area contributed by atoms with Crippen LogP contribution in [0.3, 0.4) is 0 Å². The first-order valence-corrected chi connectivity index (χ1v) is 9.84. The van der Waals surface area contributed by atoms with Crippen LogP contribution >= 0.6 is 11.3 Å². The van der Waals surface area contributed by atoms with Crippen LogP contribution in [0.5, 0.6) is 0 Å². The summed E-state index contributed by atoms with van der Waals surface area (Å²) in [6.07, 6.45) is 2.33. The maximum atomic E-state index is 13.0. The van der Waals surface area contributed by atoms with Crippen molar-refractivity contribution in [3.05, 3.63) is 38.9 Å². The largest absolute Gasteiger partial charge is 0.361 e. The second-order valence-electron chi connectivity index (χ2n) is 7.46. The Morgan fingerprint density at radius 1 is 1.24 bits per heavy atom. The van der Waals surface area contributed by atoms with E-state index in [0.29, 0.717) is 12.0 Å². The first-order valence-electron chi connectivity index (χ1n) is 9.02. The van der Waals surface area contributed by atoms with Gasteiger partial charge < -0.3 is 9.42 Å². The van der Waals surface area contributed by atoms with Crippen LogP contribution in [0.15, 0.2) is 16.7 Å². The van der Waals surface area contributed by atoms with E-state index in [-0.39, 0.29) is 5.91 Å². The summed E-state index contributed by atoms with van der Waals surface area (Å²) in [7, 11) is 0. The highest BCUT2D eigenvalue weighted by atomic mass is 32.1. The number of hydrogen-bond acceptors (Lipinski definition) is 5. The zero-order valence-corrected chi connectivity index (χ0v) is 15.9. The van der Waals surface area contributed by atoms with E-state index in [9.17, 15) is 4.79 Å². The zero-order chi connectivity index (χ0) is 17.6. The Kier molecular flexibility index (Phi) is 4.41. The van der Waals surface area contributed by atoms with Gasteiger partial charge >= 0.3 is 0 Å². The summed E-state index contributed by atoms with van der Waals surface area (Å²) in [4.78, 5) is 19.7. The third kappa shape index (κ3) is 3.25. The van der Waals surface area contributed by atoms with Crippen molar-refractivity contribution in [2.45, 2.75) is 46.2 Å². The van der Waals surface area contributed by atoms with Gasteiger partial charge in [0, 0.05) is 42.7 Å². The molecule has 134 valence electrons. The van der Waals surface area contributed by atoms with Crippen molar-refractivity contribution in [3.63, 3.8) is 0 Å². The normalized spacial score (nSPS) is 23.9. The van der Waals surface area contributed by atoms with Crippen LogP contribution in [0.4, 0.5) is 0 Å². The summed E-state index contributed by atoms with van der Waals surface area (Å²) in [5.41, 5.74) is 2.18. The molecule has 6 heteroatoms.